The highest BCUT2D eigenvalue weighted by Gasteiger charge is 2.18. The molecule has 41 heavy (non-hydrogen) atoms. The number of ketones is 1. The van der Waals surface area contributed by atoms with Crippen molar-refractivity contribution in [3.05, 3.63) is 95.1 Å². The molecule has 1 atom stereocenters. The number of hydrogen-bond donors (Lipinski definition) is 0. The van der Waals surface area contributed by atoms with E-state index in [1.54, 1.807) is 26.4 Å². The Morgan fingerprint density at radius 1 is 0.683 bits per heavy atom. The molecular formula is C37H50O4. The second-order valence-electron chi connectivity index (χ2n) is 11.0. The molecule has 0 aliphatic carbocycles. The smallest absolute Gasteiger partial charge is 0.197 e. The number of carbonyl (C=O) groups is 1. The van der Waals surface area contributed by atoms with Crippen LogP contribution in [0.2, 0.25) is 0 Å². The minimum absolute atomic E-state index is 0.0138. The van der Waals surface area contributed by atoms with E-state index in [0.29, 0.717) is 23.2 Å². The lowest BCUT2D eigenvalue weighted by Crippen LogP contribution is -2.12. The third-order valence-corrected chi connectivity index (χ3v) is 7.82. The van der Waals surface area contributed by atoms with E-state index < -0.39 is 0 Å². The molecule has 0 aliphatic rings. The first-order valence-corrected chi connectivity index (χ1v) is 15.7. The van der Waals surface area contributed by atoms with Gasteiger partial charge >= 0.3 is 0 Å². The molecule has 0 bridgehead atoms. The molecule has 3 rings (SSSR count). The van der Waals surface area contributed by atoms with E-state index in [0.717, 1.165) is 37.0 Å². The van der Waals surface area contributed by atoms with Crippen LogP contribution >= 0.6 is 0 Å². The van der Waals surface area contributed by atoms with E-state index in [1.165, 1.54) is 69.8 Å². The van der Waals surface area contributed by atoms with Gasteiger partial charge in [0.05, 0.1) is 32.5 Å². The molecular weight excluding hydrogens is 508 g/mol. The maximum absolute atomic E-state index is 13.4. The summed E-state index contributed by atoms with van der Waals surface area (Å²) >= 11 is 0. The predicted octanol–water partition coefficient (Wildman–Crippen LogP) is 9.76. The van der Waals surface area contributed by atoms with Gasteiger partial charge in [-0.3, -0.25) is 4.79 Å². The van der Waals surface area contributed by atoms with E-state index in [1.807, 2.05) is 24.3 Å². The Balaban J connectivity index is 1.29. The van der Waals surface area contributed by atoms with Gasteiger partial charge < -0.3 is 14.2 Å². The highest BCUT2D eigenvalue weighted by Crippen LogP contribution is 2.28. The Morgan fingerprint density at radius 3 is 2.02 bits per heavy atom. The summed E-state index contributed by atoms with van der Waals surface area (Å²) < 4.78 is 17.0. The lowest BCUT2D eigenvalue weighted by Gasteiger charge is -2.17. The predicted molar refractivity (Wildman–Crippen MR) is 169 cm³/mol. The van der Waals surface area contributed by atoms with Gasteiger partial charge in [0.25, 0.3) is 0 Å². The lowest BCUT2D eigenvalue weighted by atomic mass is 9.94. The summed E-state index contributed by atoms with van der Waals surface area (Å²) in [7, 11) is 3.20. The van der Waals surface area contributed by atoms with Crippen molar-refractivity contribution >= 4 is 5.78 Å². The van der Waals surface area contributed by atoms with E-state index >= 15 is 0 Å². The lowest BCUT2D eigenvalue weighted by molar-refractivity contribution is 0.0273. The Hall–Kier alpha value is -3.11. The first-order valence-electron chi connectivity index (χ1n) is 15.7. The SMILES string of the molecule is CCCC(CCCCCCCCCCCc1ccccc1C(=O)c1cc(OC)ccc1OC)OCc1ccccc1. The van der Waals surface area contributed by atoms with Crippen molar-refractivity contribution in [1.82, 2.24) is 0 Å². The second-order valence-corrected chi connectivity index (χ2v) is 11.0. The molecule has 3 aromatic rings. The molecule has 3 aromatic carbocycles. The molecule has 4 heteroatoms. The number of carbonyl (C=O) groups excluding carboxylic acids is 1. The van der Waals surface area contributed by atoms with Gasteiger partial charge in [-0.1, -0.05) is 119 Å². The zero-order valence-corrected chi connectivity index (χ0v) is 25.5. The van der Waals surface area contributed by atoms with Crippen molar-refractivity contribution in [2.75, 3.05) is 14.2 Å². The molecule has 0 N–H and O–H groups in total. The van der Waals surface area contributed by atoms with Gasteiger partial charge in [-0.25, -0.2) is 0 Å². The van der Waals surface area contributed by atoms with Crippen molar-refractivity contribution in [3.63, 3.8) is 0 Å². The molecule has 0 amide bonds. The molecule has 0 fully saturated rings. The van der Waals surface area contributed by atoms with Gasteiger partial charge in [-0.2, -0.15) is 0 Å². The maximum Gasteiger partial charge on any atom is 0.197 e. The van der Waals surface area contributed by atoms with Gasteiger partial charge in [-0.05, 0) is 55.0 Å². The average molecular weight is 559 g/mol. The van der Waals surface area contributed by atoms with Crippen LogP contribution < -0.4 is 9.47 Å². The van der Waals surface area contributed by atoms with Crippen LogP contribution in [0.5, 0.6) is 11.5 Å². The normalized spacial score (nSPS) is 11.8. The standard InChI is InChI=1S/C37H50O4/c1-4-19-32(41-29-30-20-13-12-14-21-30)24-16-11-9-7-5-6-8-10-15-22-31-23-17-18-25-34(31)37(38)35-28-33(39-2)26-27-36(35)40-3/h12-14,17-18,20-21,23,25-28,32H,4-11,15-16,19,22,24,29H2,1-3H3. The number of ether oxygens (including phenoxy) is 3. The van der Waals surface area contributed by atoms with Crippen LogP contribution in [-0.4, -0.2) is 26.1 Å². The summed E-state index contributed by atoms with van der Waals surface area (Å²) in [6, 6.07) is 23.8. The van der Waals surface area contributed by atoms with E-state index in [4.69, 9.17) is 14.2 Å². The zero-order valence-electron chi connectivity index (χ0n) is 25.5. The fraction of sp³-hybridized carbons (Fsp3) is 0.486. The molecule has 1 unspecified atom stereocenters. The summed E-state index contributed by atoms with van der Waals surface area (Å²) in [4.78, 5) is 13.4. The fourth-order valence-electron chi connectivity index (χ4n) is 5.44. The first-order chi connectivity index (χ1) is 20.2. The van der Waals surface area contributed by atoms with Gasteiger partial charge in [0.15, 0.2) is 5.78 Å². The minimum Gasteiger partial charge on any atom is -0.497 e. The monoisotopic (exact) mass is 558 g/mol. The van der Waals surface area contributed by atoms with Gasteiger partial charge in [0, 0.05) is 5.56 Å². The Morgan fingerprint density at radius 2 is 1.34 bits per heavy atom. The van der Waals surface area contributed by atoms with Crippen molar-refractivity contribution in [2.45, 2.75) is 103 Å². The minimum atomic E-state index is -0.0138. The third-order valence-electron chi connectivity index (χ3n) is 7.82. The number of aryl methyl sites for hydroxylation is 1. The highest BCUT2D eigenvalue weighted by atomic mass is 16.5. The first kappa shape index (κ1) is 32.4. The van der Waals surface area contributed by atoms with Crippen LogP contribution in [0.4, 0.5) is 0 Å². The van der Waals surface area contributed by atoms with E-state index in [2.05, 4.69) is 43.3 Å². The second kappa shape index (κ2) is 19.1. The van der Waals surface area contributed by atoms with Crippen molar-refractivity contribution in [2.24, 2.45) is 0 Å². The molecule has 4 nitrogen and oxygen atoms in total. The number of rotatable bonds is 21. The third kappa shape index (κ3) is 11.4. The summed E-state index contributed by atoms with van der Waals surface area (Å²) in [5.41, 5.74) is 3.67. The Labute approximate surface area is 248 Å². The summed E-state index contributed by atoms with van der Waals surface area (Å²) in [6.07, 6.45) is 16.2. The highest BCUT2D eigenvalue weighted by molar-refractivity contribution is 6.11. The van der Waals surface area contributed by atoms with Crippen molar-refractivity contribution < 1.29 is 19.0 Å². The van der Waals surface area contributed by atoms with Gasteiger partial charge in [0.1, 0.15) is 11.5 Å². The zero-order chi connectivity index (χ0) is 29.1. The summed E-state index contributed by atoms with van der Waals surface area (Å²) in [6.45, 7) is 2.97. The molecule has 0 spiro atoms. The van der Waals surface area contributed by atoms with E-state index in [9.17, 15) is 4.79 Å². The van der Waals surface area contributed by atoms with Crippen molar-refractivity contribution in [1.29, 1.82) is 0 Å². The van der Waals surface area contributed by atoms with Crippen LogP contribution in [0.3, 0.4) is 0 Å². The molecule has 0 heterocycles. The Kier molecular flexibility index (Phi) is 15.1. The van der Waals surface area contributed by atoms with Crippen molar-refractivity contribution in [3.8, 4) is 11.5 Å². The molecule has 0 aliphatic heterocycles. The number of unbranched alkanes of at least 4 members (excludes halogenated alkanes) is 8. The van der Waals surface area contributed by atoms with Crippen LogP contribution in [0.25, 0.3) is 0 Å². The topological polar surface area (TPSA) is 44.8 Å². The number of methoxy groups -OCH3 is 2. The molecule has 0 saturated heterocycles. The maximum atomic E-state index is 13.4. The molecule has 0 aromatic heterocycles. The molecule has 0 saturated carbocycles. The quantitative estimate of drug-likeness (QED) is 0.0964. The largest absolute Gasteiger partial charge is 0.497 e. The summed E-state index contributed by atoms with van der Waals surface area (Å²) in [5, 5.41) is 0. The number of benzene rings is 3. The van der Waals surface area contributed by atoms with Crippen LogP contribution in [0, 0.1) is 0 Å². The van der Waals surface area contributed by atoms with E-state index in [-0.39, 0.29) is 5.78 Å². The van der Waals surface area contributed by atoms with Gasteiger partial charge in [0.2, 0.25) is 0 Å². The fourth-order valence-corrected chi connectivity index (χ4v) is 5.44. The molecule has 0 radical (unpaired) electrons. The average Bonchev–Trinajstić information content (AvgIpc) is 3.02. The van der Waals surface area contributed by atoms with Crippen LogP contribution in [-0.2, 0) is 17.8 Å². The van der Waals surface area contributed by atoms with Crippen LogP contribution in [0.15, 0.2) is 72.8 Å². The summed E-state index contributed by atoms with van der Waals surface area (Å²) in [5.74, 6) is 1.21. The van der Waals surface area contributed by atoms with Gasteiger partial charge in [-0.15, -0.1) is 0 Å². The Bertz CT molecular complexity index is 1140. The van der Waals surface area contributed by atoms with Crippen LogP contribution in [0.1, 0.15) is 111 Å². The molecule has 222 valence electrons. The number of hydrogen-bond acceptors (Lipinski definition) is 4.